The average Bonchev–Trinajstić information content (AvgIpc) is 0.911. The van der Waals surface area contributed by atoms with Gasteiger partial charge in [-0.1, -0.05) is 294 Å². The summed E-state index contributed by atoms with van der Waals surface area (Å²) in [6.45, 7) is 4.34. The number of allylic oxidation sites excluding steroid dienone is 27. The standard InChI is InChI=1S/C85H138O17P2/c1-5-9-13-17-21-25-29-33-36-38-39-41-44-47-50-54-58-62-66-70-83(88)96-76-81(102-85(90)72-68-64-60-56-52-48-42-35-31-27-23-19-15-11-7-3)78-100-104(93,94)98-74-79(86)73-97-103(91,92)99-77-80(101-84(89)71-67-63-59-55-51-45-32-28-24-20-16-12-8-4)75-95-82(87)69-65-61-57-53-49-46-43-40-37-34-30-26-22-18-14-10-6-2/h9-11,13-15,21-23,25-27,33-37,39,41-43,46-47,50,52,56,64,68,79-81,86H,5-8,12,16-20,24,28-32,38,40,44-45,48-49,51,53-55,57-63,65-67,69-78H2,1-4H3,(H,91,92)(H,93,94)/b13-9-,14-10-,15-11-,25-21-,26-22-,27-23-,36-33-,37-34-,41-39-,42-35-,46-43-,50-47-,56-52-,68-64-. The molecule has 0 bridgehead atoms. The first kappa shape index (κ1) is 98.4. The number of ether oxygens (including phenoxy) is 4. The van der Waals surface area contributed by atoms with Crippen LogP contribution in [0.1, 0.15) is 285 Å². The number of unbranched alkanes of at least 4 members (excludes halogenated alkanes) is 19. The average molecular weight is 1490 g/mol. The van der Waals surface area contributed by atoms with Gasteiger partial charge in [0, 0.05) is 19.3 Å². The molecule has 0 aliphatic rings. The lowest BCUT2D eigenvalue weighted by molar-refractivity contribution is -0.161. The van der Waals surface area contributed by atoms with E-state index in [1.807, 2.05) is 12.2 Å². The zero-order chi connectivity index (χ0) is 76.0. The number of esters is 4. The fourth-order valence-corrected chi connectivity index (χ4v) is 11.4. The Hall–Kier alpha value is -5.58. The molecule has 0 amide bonds. The van der Waals surface area contributed by atoms with E-state index in [2.05, 4.69) is 174 Å². The Balaban J connectivity index is 5.48. The van der Waals surface area contributed by atoms with Crippen LogP contribution in [0.2, 0.25) is 0 Å². The second-order valence-electron chi connectivity index (χ2n) is 25.5. The van der Waals surface area contributed by atoms with Crippen LogP contribution in [0, 0.1) is 0 Å². The molecule has 0 radical (unpaired) electrons. The Morgan fingerprint density at radius 2 is 0.538 bits per heavy atom. The first-order valence-electron chi connectivity index (χ1n) is 39.4. The summed E-state index contributed by atoms with van der Waals surface area (Å²) < 4.78 is 68.4. The minimum absolute atomic E-state index is 0.0837. The fraction of sp³-hybridized carbons (Fsp3) is 0.624. The third-order valence-electron chi connectivity index (χ3n) is 15.7. The molecule has 0 aliphatic heterocycles. The van der Waals surface area contributed by atoms with Crippen molar-refractivity contribution in [3.63, 3.8) is 0 Å². The molecule has 0 heterocycles. The first-order valence-corrected chi connectivity index (χ1v) is 42.4. The summed E-state index contributed by atoms with van der Waals surface area (Å²) in [5, 5.41) is 10.6. The van der Waals surface area contributed by atoms with Crippen LogP contribution in [0.15, 0.2) is 170 Å². The summed E-state index contributed by atoms with van der Waals surface area (Å²) >= 11 is 0. The second kappa shape index (κ2) is 75.6. The zero-order valence-electron chi connectivity index (χ0n) is 64.4. The molecular formula is C85H138O17P2. The molecule has 590 valence electrons. The smallest absolute Gasteiger partial charge is 0.462 e. The maximum Gasteiger partial charge on any atom is 0.472 e. The molecule has 0 aliphatic carbocycles. The number of rotatable bonds is 72. The number of carbonyl (C=O) groups excluding carboxylic acids is 4. The third kappa shape index (κ3) is 74.7. The number of hydrogen-bond donors (Lipinski definition) is 3. The van der Waals surface area contributed by atoms with Crippen molar-refractivity contribution < 1.29 is 80.2 Å². The molecule has 5 atom stereocenters. The molecule has 0 saturated heterocycles. The molecule has 3 N–H and O–H groups in total. The van der Waals surface area contributed by atoms with E-state index in [4.69, 9.17) is 37.0 Å². The quantitative estimate of drug-likeness (QED) is 0.0169. The molecule has 17 nitrogen and oxygen atoms in total. The summed E-state index contributed by atoms with van der Waals surface area (Å²) in [7, 11) is -10.0. The highest BCUT2D eigenvalue weighted by Crippen LogP contribution is 2.45. The molecule has 0 aromatic rings. The van der Waals surface area contributed by atoms with Crippen LogP contribution in [0.4, 0.5) is 0 Å². The normalized spacial score (nSPS) is 14.8. The van der Waals surface area contributed by atoms with Crippen molar-refractivity contribution in [2.45, 2.75) is 303 Å². The Labute approximate surface area is 629 Å². The number of phosphoric ester groups is 2. The van der Waals surface area contributed by atoms with Gasteiger partial charge in [0.05, 0.1) is 32.8 Å². The second-order valence-corrected chi connectivity index (χ2v) is 28.4. The molecule has 19 heteroatoms. The van der Waals surface area contributed by atoms with Crippen LogP contribution in [-0.4, -0.2) is 96.7 Å². The molecule has 0 spiro atoms. The molecule has 0 fully saturated rings. The predicted molar refractivity (Wildman–Crippen MR) is 426 cm³/mol. The van der Waals surface area contributed by atoms with Crippen LogP contribution >= 0.6 is 15.6 Å². The van der Waals surface area contributed by atoms with Gasteiger partial charge in [0.2, 0.25) is 0 Å². The van der Waals surface area contributed by atoms with E-state index in [-0.39, 0.29) is 25.7 Å². The molecule has 0 aromatic carbocycles. The maximum atomic E-state index is 13.1. The summed E-state index contributed by atoms with van der Waals surface area (Å²) in [5.41, 5.74) is 0. The van der Waals surface area contributed by atoms with E-state index in [1.54, 1.807) is 12.2 Å². The van der Waals surface area contributed by atoms with Gasteiger partial charge in [-0.25, -0.2) is 9.13 Å². The number of aliphatic hydroxyl groups is 1. The van der Waals surface area contributed by atoms with Crippen LogP contribution < -0.4 is 0 Å². The maximum absolute atomic E-state index is 13.1. The molecule has 5 unspecified atom stereocenters. The molecule has 104 heavy (non-hydrogen) atoms. The highest BCUT2D eigenvalue weighted by atomic mass is 31.2. The molecule has 0 rings (SSSR count). The lowest BCUT2D eigenvalue weighted by atomic mass is 10.0. The van der Waals surface area contributed by atoms with E-state index in [1.165, 1.54) is 51.4 Å². The lowest BCUT2D eigenvalue weighted by Gasteiger charge is -2.21. The monoisotopic (exact) mass is 1490 g/mol. The highest BCUT2D eigenvalue weighted by molar-refractivity contribution is 7.47. The SMILES string of the molecule is CC/C=C\C/C=C\C/C=C\C/C=C\C/C=C\CCCCCC(=O)OCC(COP(=O)(O)OCC(O)COP(=O)(O)OCC(COC(=O)CCCCCC/C=C\C/C=C\C/C=C\C/C=C\CC)OC(=O)CCCCCCCCCCCCCCC)OC(=O)C/C=C\C/C=C\C/C=C\C/C=C\C/C=C\CC. The van der Waals surface area contributed by atoms with Gasteiger partial charge in [0.1, 0.15) is 19.3 Å². The summed E-state index contributed by atoms with van der Waals surface area (Å²) in [4.78, 5) is 72.9. The van der Waals surface area contributed by atoms with Crippen LogP contribution in [-0.2, 0) is 65.4 Å². The highest BCUT2D eigenvalue weighted by Gasteiger charge is 2.30. The van der Waals surface area contributed by atoms with Gasteiger partial charge in [-0.3, -0.25) is 37.3 Å². The van der Waals surface area contributed by atoms with Crippen LogP contribution in [0.25, 0.3) is 0 Å². The van der Waals surface area contributed by atoms with E-state index in [0.29, 0.717) is 25.7 Å². The van der Waals surface area contributed by atoms with E-state index >= 15 is 0 Å². The number of carbonyl (C=O) groups is 4. The van der Waals surface area contributed by atoms with Crippen molar-refractivity contribution in [3.05, 3.63) is 170 Å². The van der Waals surface area contributed by atoms with Gasteiger partial charge < -0.3 is 33.8 Å². The zero-order valence-corrected chi connectivity index (χ0v) is 66.2. The topological polar surface area (TPSA) is 237 Å². The third-order valence-corrected chi connectivity index (χ3v) is 17.6. The minimum Gasteiger partial charge on any atom is -0.462 e. The molecule has 0 saturated carbocycles. The van der Waals surface area contributed by atoms with E-state index in [9.17, 15) is 43.2 Å². The number of phosphoric acid groups is 2. The summed E-state index contributed by atoms with van der Waals surface area (Å²) in [5.74, 6) is -2.40. The van der Waals surface area contributed by atoms with Gasteiger partial charge >= 0.3 is 39.5 Å². The fourth-order valence-electron chi connectivity index (χ4n) is 9.84. The van der Waals surface area contributed by atoms with Gasteiger partial charge in [0.25, 0.3) is 0 Å². The van der Waals surface area contributed by atoms with Crippen molar-refractivity contribution in [2.75, 3.05) is 39.6 Å². The van der Waals surface area contributed by atoms with Crippen molar-refractivity contribution in [2.24, 2.45) is 0 Å². The Bertz CT molecular complexity index is 2640. The van der Waals surface area contributed by atoms with Crippen molar-refractivity contribution in [1.29, 1.82) is 0 Å². The number of aliphatic hydroxyl groups excluding tert-OH is 1. The largest absolute Gasteiger partial charge is 0.472 e. The predicted octanol–water partition coefficient (Wildman–Crippen LogP) is 23.0. The number of hydrogen-bond acceptors (Lipinski definition) is 15. The summed E-state index contributed by atoms with van der Waals surface area (Å²) in [6, 6.07) is 0. The van der Waals surface area contributed by atoms with Gasteiger partial charge in [-0.15, -0.1) is 0 Å². The Kier molecular flexibility index (Phi) is 71.6. The molecule has 0 aromatic heterocycles. The van der Waals surface area contributed by atoms with E-state index < -0.39 is 97.5 Å². The molecular weight excluding hydrogens is 1350 g/mol. The van der Waals surface area contributed by atoms with Crippen molar-refractivity contribution in [1.82, 2.24) is 0 Å². The van der Waals surface area contributed by atoms with Gasteiger partial charge in [0.15, 0.2) is 12.2 Å². The van der Waals surface area contributed by atoms with Crippen LogP contribution in [0.5, 0.6) is 0 Å². The van der Waals surface area contributed by atoms with Crippen molar-refractivity contribution in [3.8, 4) is 0 Å². The van der Waals surface area contributed by atoms with Crippen molar-refractivity contribution >= 4 is 39.5 Å². The van der Waals surface area contributed by atoms with Gasteiger partial charge in [-0.2, -0.15) is 0 Å². The Morgan fingerprint density at radius 1 is 0.288 bits per heavy atom. The first-order chi connectivity index (χ1) is 50.7. The van der Waals surface area contributed by atoms with Gasteiger partial charge in [-0.05, 0) is 135 Å². The van der Waals surface area contributed by atoms with Crippen LogP contribution in [0.3, 0.4) is 0 Å². The van der Waals surface area contributed by atoms with E-state index in [0.717, 1.165) is 154 Å². The Morgan fingerprint density at radius 3 is 0.865 bits per heavy atom. The summed E-state index contributed by atoms with van der Waals surface area (Å²) in [6.07, 6.45) is 89.4. The minimum atomic E-state index is -5.02. The lowest BCUT2D eigenvalue weighted by Crippen LogP contribution is -2.30.